The largest absolute Gasteiger partial charge is 0.412 e. The zero-order valence-corrected chi connectivity index (χ0v) is 18.9. The van der Waals surface area contributed by atoms with Crippen molar-refractivity contribution in [1.29, 1.82) is 0 Å². The second kappa shape index (κ2) is 15.8. The van der Waals surface area contributed by atoms with Gasteiger partial charge in [-0.05, 0) is 0 Å². The Morgan fingerprint density at radius 3 is 1.07 bits per heavy atom. The van der Waals surface area contributed by atoms with Crippen LogP contribution in [-0.4, -0.2) is 54.6 Å². The predicted molar refractivity (Wildman–Crippen MR) is 117 cm³/mol. The monoisotopic (exact) mass is 460 g/mol. The number of hydrogen-bond donors (Lipinski definition) is 2. The van der Waals surface area contributed by atoms with Gasteiger partial charge in [0, 0.05) is 0 Å². The summed E-state index contributed by atoms with van der Waals surface area (Å²) in [5, 5.41) is 12.0. The van der Waals surface area contributed by atoms with Gasteiger partial charge >= 0.3 is 146 Å². The summed E-state index contributed by atoms with van der Waals surface area (Å²) in [6.45, 7) is 7.69. The van der Waals surface area contributed by atoms with Crippen molar-refractivity contribution in [3.63, 3.8) is 0 Å². The number of rotatable bonds is 13. The van der Waals surface area contributed by atoms with Crippen molar-refractivity contribution in [2.24, 2.45) is 0 Å². The Balaban J connectivity index is -0.000000695. The quantitative estimate of drug-likeness (QED) is 0.188. The van der Waals surface area contributed by atoms with Gasteiger partial charge in [-0.1, -0.05) is 7.43 Å². The van der Waals surface area contributed by atoms with Gasteiger partial charge in [-0.25, -0.2) is 0 Å². The molecule has 0 amide bonds. The Bertz CT molecular complexity index is 427. The molecule has 4 N–H and O–H groups in total. The van der Waals surface area contributed by atoms with Gasteiger partial charge in [-0.15, -0.1) is 0 Å². The van der Waals surface area contributed by atoms with E-state index in [0.717, 1.165) is 25.7 Å². The third-order valence-corrected chi connectivity index (χ3v) is 19.9. The first kappa shape index (κ1) is 35.5. The molecular formula is C18H44F3O5PS. The van der Waals surface area contributed by atoms with Crippen molar-refractivity contribution < 1.29 is 37.6 Å². The first-order valence-corrected chi connectivity index (χ1v) is 14.6. The predicted octanol–water partition coefficient (Wildman–Crippen LogP) is 6.42. The van der Waals surface area contributed by atoms with E-state index in [-0.39, 0.29) is 37.6 Å². The van der Waals surface area contributed by atoms with Crippen LogP contribution in [0.15, 0.2) is 0 Å². The van der Waals surface area contributed by atoms with Crippen LogP contribution in [0, 0.1) is 0 Å². The molecule has 0 aliphatic carbocycles. The molecule has 0 rings (SSSR count). The minimum Gasteiger partial charge on any atom is -0.412 e. The van der Waals surface area contributed by atoms with E-state index in [1.54, 1.807) is 0 Å². The van der Waals surface area contributed by atoms with Crippen LogP contribution in [0.4, 0.5) is 13.2 Å². The fourth-order valence-corrected chi connectivity index (χ4v) is 17.2. The van der Waals surface area contributed by atoms with E-state index in [1.807, 2.05) is 27.7 Å². The summed E-state index contributed by atoms with van der Waals surface area (Å²) in [6.07, 6.45) is 6.24. The van der Waals surface area contributed by atoms with E-state index in [1.165, 1.54) is 0 Å². The molecule has 0 bridgehead atoms. The van der Waals surface area contributed by atoms with Crippen molar-refractivity contribution in [2.45, 2.75) is 92.0 Å². The van der Waals surface area contributed by atoms with Crippen LogP contribution in [0.1, 0.15) is 86.5 Å². The molecule has 0 aromatic rings. The van der Waals surface area contributed by atoms with Gasteiger partial charge in [0.15, 0.2) is 0 Å². The van der Waals surface area contributed by atoms with Crippen LogP contribution in [0.3, 0.4) is 0 Å². The summed E-state index contributed by atoms with van der Waals surface area (Å²) >= 11 is 0. The van der Waals surface area contributed by atoms with E-state index in [4.69, 9.17) is 10.5 Å². The summed E-state index contributed by atoms with van der Waals surface area (Å²) in [4.78, 5) is 0. The van der Waals surface area contributed by atoms with E-state index < -0.39 is 20.8 Å². The first-order valence-electron chi connectivity index (χ1n) is 9.58. The molecule has 28 heavy (non-hydrogen) atoms. The van der Waals surface area contributed by atoms with Crippen LogP contribution >= 0.6 is 5.81 Å². The zero-order valence-electron chi connectivity index (χ0n) is 17.2. The van der Waals surface area contributed by atoms with Gasteiger partial charge in [-0.2, -0.15) is 0 Å². The van der Waals surface area contributed by atoms with Crippen molar-refractivity contribution in [1.82, 2.24) is 0 Å². The van der Waals surface area contributed by atoms with Gasteiger partial charge in [-0.3, -0.25) is 10.5 Å². The van der Waals surface area contributed by atoms with E-state index in [0.29, 0.717) is 25.7 Å². The molecule has 10 heteroatoms. The molecule has 0 aromatic heterocycles. The summed E-state index contributed by atoms with van der Waals surface area (Å²) in [7, 11) is -5.12. The van der Waals surface area contributed by atoms with E-state index in [9.17, 15) is 21.6 Å². The second-order valence-corrected chi connectivity index (χ2v) is 18.5. The first-order chi connectivity index (χ1) is 12.1. The molecule has 178 valence electrons. The second-order valence-electron chi connectivity index (χ2n) is 7.09. The number of alkyl halides is 3. The molecule has 0 radical (unpaired) electrons. The van der Waals surface area contributed by atoms with Gasteiger partial charge in [0.25, 0.3) is 0 Å². The summed E-state index contributed by atoms with van der Waals surface area (Å²) in [5.74, 6) is -3.95. The molecule has 0 fully saturated rings. The molecule has 0 aliphatic heterocycles. The van der Waals surface area contributed by atoms with Crippen molar-refractivity contribution in [2.75, 3.05) is 24.6 Å². The molecule has 0 aliphatic rings. The van der Waals surface area contributed by atoms with Crippen LogP contribution in [0.5, 0.6) is 0 Å². The SMILES string of the molecule is C.CCCCP(CCCC)(CCCC)(CCCC)S(=O)(=O)C(F)(F)F.O.OO. The molecule has 0 aromatic carbocycles. The van der Waals surface area contributed by atoms with Crippen molar-refractivity contribution >= 4 is 15.3 Å². The number of halogens is 3. The fourth-order valence-electron chi connectivity index (χ4n) is 3.68. The van der Waals surface area contributed by atoms with Crippen LogP contribution in [0.25, 0.3) is 0 Å². The smallest absolute Gasteiger partial charge is 0.255 e. The minimum absolute atomic E-state index is 0. The minimum atomic E-state index is -5.13. The maximum absolute atomic E-state index is 13.7. The maximum atomic E-state index is 13.7. The third-order valence-electron chi connectivity index (χ3n) is 5.28. The van der Waals surface area contributed by atoms with Gasteiger partial charge in [0.05, 0.1) is 0 Å². The summed E-state index contributed by atoms with van der Waals surface area (Å²) in [6, 6.07) is 0. The molecule has 0 atom stereocenters. The maximum Gasteiger partial charge on any atom is -0.255 e. The molecular weight excluding hydrogens is 416 g/mol. The van der Waals surface area contributed by atoms with Crippen molar-refractivity contribution in [3.8, 4) is 0 Å². The number of unbranched alkanes of at least 4 members (excludes halogenated alkanes) is 4. The van der Waals surface area contributed by atoms with Gasteiger partial charge < -0.3 is 5.48 Å². The van der Waals surface area contributed by atoms with Crippen molar-refractivity contribution in [3.05, 3.63) is 0 Å². The molecule has 0 saturated carbocycles. The molecule has 0 unspecified atom stereocenters. The molecule has 0 spiro atoms. The fraction of sp³-hybridized carbons (Fsp3) is 1.00. The van der Waals surface area contributed by atoms with Crippen LogP contribution < -0.4 is 0 Å². The average Bonchev–Trinajstić information content (AvgIpc) is 2.61. The number of hydrogen-bond acceptors (Lipinski definition) is 4. The average molecular weight is 461 g/mol. The van der Waals surface area contributed by atoms with Crippen LogP contribution in [-0.2, 0) is 9.46 Å². The van der Waals surface area contributed by atoms with E-state index >= 15 is 0 Å². The summed E-state index contributed by atoms with van der Waals surface area (Å²) < 4.78 is 67.1. The Morgan fingerprint density at radius 1 is 0.714 bits per heavy atom. The van der Waals surface area contributed by atoms with Gasteiger partial charge in [0.1, 0.15) is 0 Å². The normalized spacial score (nSPS) is 13.2. The topological polar surface area (TPSA) is 106 Å². The Hall–Kier alpha value is 0.0500. The molecule has 0 heterocycles. The standard InChI is InChI=1S/C17H36F3O2PS.CH4.H2O2.H2O/c1-5-9-13-23(14-10-6-2,15-11-7-3,16-12-8-4)24(21,22)17(18,19)20;;1-2;/h5-16H2,1-4H3;1H4;1-2H;1H2. The van der Waals surface area contributed by atoms with E-state index in [2.05, 4.69) is 0 Å². The van der Waals surface area contributed by atoms with Crippen LogP contribution in [0.2, 0.25) is 0 Å². The van der Waals surface area contributed by atoms with Gasteiger partial charge in [0.2, 0.25) is 0 Å². The Morgan fingerprint density at radius 2 is 0.929 bits per heavy atom. The molecule has 5 nitrogen and oxygen atoms in total. The summed E-state index contributed by atoms with van der Waals surface area (Å²) in [5.41, 5.74) is -5.13. The molecule has 0 saturated heterocycles. The third kappa shape index (κ3) is 8.05. The zero-order chi connectivity index (χ0) is 20.9. The Kier molecular flexibility index (Phi) is 20.1. The Labute approximate surface area is 169 Å².